The number of halogens is 1. The monoisotopic (exact) mass is 301 g/mol. The minimum atomic E-state index is 0.386. The Morgan fingerprint density at radius 1 is 1.29 bits per heavy atom. The van der Waals surface area contributed by atoms with Crippen LogP contribution in [0.3, 0.4) is 0 Å². The molecule has 3 rings (SSSR count). The normalized spacial score (nSPS) is 15.2. The molecule has 21 heavy (non-hydrogen) atoms. The van der Waals surface area contributed by atoms with Crippen LogP contribution in [0.2, 0.25) is 5.02 Å². The molecule has 0 saturated carbocycles. The van der Waals surface area contributed by atoms with Crippen molar-refractivity contribution in [3.8, 4) is 0 Å². The highest BCUT2D eigenvalue weighted by Gasteiger charge is 2.19. The first-order chi connectivity index (χ1) is 10.1. The Hall–Kier alpha value is -1.45. The zero-order chi connectivity index (χ0) is 14.8. The largest absolute Gasteiger partial charge is 0.294 e. The molecule has 4 heteroatoms. The van der Waals surface area contributed by atoms with Crippen molar-refractivity contribution in [2.24, 2.45) is 0 Å². The van der Waals surface area contributed by atoms with Crippen LogP contribution in [0.4, 0.5) is 0 Å². The van der Waals surface area contributed by atoms with Crippen molar-refractivity contribution in [1.29, 1.82) is 0 Å². The molecule has 0 amide bonds. The molecular formula is C17H20ClN3. The van der Waals surface area contributed by atoms with Crippen molar-refractivity contribution < 1.29 is 0 Å². The van der Waals surface area contributed by atoms with E-state index in [9.17, 15) is 0 Å². The average Bonchev–Trinajstić information content (AvgIpc) is 2.49. The Balaban J connectivity index is 1.74. The van der Waals surface area contributed by atoms with Crippen LogP contribution in [-0.4, -0.2) is 21.4 Å². The number of hydrogen-bond donors (Lipinski definition) is 0. The fourth-order valence-electron chi connectivity index (χ4n) is 2.67. The number of benzene rings is 1. The molecule has 1 aliphatic rings. The molecule has 1 aromatic carbocycles. The molecule has 2 heterocycles. The van der Waals surface area contributed by atoms with Crippen LogP contribution in [0, 0.1) is 0 Å². The van der Waals surface area contributed by atoms with E-state index in [4.69, 9.17) is 16.6 Å². The summed E-state index contributed by atoms with van der Waals surface area (Å²) in [5.74, 6) is 1.34. The molecule has 0 bridgehead atoms. The average molecular weight is 302 g/mol. The molecular weight excluding hydrogens is 282 g/mol. The predicted octanol–water partition coefficient (Wildman–Crippen LogP) is 3.81. The van der Waals surface area contributed by atoms with Crippen molar-refractivity contribution in [2.45, 2.75) is 39.3 Å². The Bertz CT molecular complexity index is 640. The SMILES string of the molecule is CC(C)c1ncc2c(n1)CCN(Cc1ccccc1Cl)C2. The lowest BCUT2D eigenvalue weighted by molar-refractivity contribution is 0.242. The van der Waals surface area contributed by atoms with Gasteiger partial charge in [0.1, 0.15) is 5.82 Å². The summed E-state index contributed by atoms with van der Waals surface area (Å²) in [7, 11) is 0. The maximum absolute atomic E-state index is 6.25. The molecule has 1 aliphatic heterocycles. The van der Waals surface area contributed by atoms with Crippen molar-refractivity contribution >= 4 is 11.6 Å². The van der Waals surface area contributed by atoms with Gasteiger partial charge < -0.3 is 0 Å². The van der Waals surface area contributed by atoms with Crippen molar-refractivity contribution in [1.82, 2.24) is 14.9 Å². The van der Waals surface area contributed by atoms with Gasteiger partial charge in [0, 0.05) is 54.4 Å². The van der Waals surface area contributed by atoms with Crippen LogP contribution in [0.1, 0.15) is 42.4 Å². The Kier molecular flexibility index (Phi) is 4.22. The summed E-state index contributed by atoms with van der Waals surface area (Å²) < 4.78 is 0. The first-order valence-electron chi connectivity index (χ1n) is 7.44. The first-order valence-corrected chi connectivity index (χ1v) is 7.81. The van der Waals surface area contributed by atoms with Gasteiger partial charge in [-0.05, 0) is 11.6 Å². The van der Waals surface area contributed by atoms with Gasteiger partial charge in [0.25, 0.3) is 0 Å². The fraction of sp³-hybridized carbons (Fsp3) is 0.412. The third-order valence-electron chi connectivity index (χ3n) is 3.90. The third-order valence-corrected chi connectivity index (χ3v) is 4.27. The minimum absolute atomic E-state index is 0.386. The standard InChI is InChI=1S/C17H20ClN3/c1-12(2)17-19-9-14-11-21(8-7-16(14)20-17)10-13-5-3-4-6-15(13)18/h3-6,9,12H,7-8,10-11H2,1-2H3. The van der Waals surface area contributed by atoms with E-state index in [0.717, 1.165) is 36.9 Å². The third kappa shape index (κ3) is 3.25. The number of nitrogens with zero attached hydrogens (tertiary/aromatic N) is 3. The summed E-state index contributed by atoms with van der Waals surface area (Å²) >= 11 is 6.25. The Morgan fingerprint density at radius 2 is 2.10 bits per heavy atom. The van der Waals surface area contributed by atoms with Gasteiger partial charge in [0.2, 0.25) is 0 Å². The van der Waals surface area contributed by atoms with Gasteiger partial charge in [-0.3, -0.25) is 4.90 Å². The smallest absolute Gasteiger partial charge is 0.131 e. The van der Waals surface area contributed by atoms with E-state index in [2.05, 4.69) is 29.8 Å². The molecule has 0 fully saturated rings. The predicted molar refractivity (Wildman–Crippen MR) is 85.4 cm³/mol. The molecule has 2 aromatic rings. The zero-order valence-electron chi connectivity index (χ0n) is 12.5. The fourth-order valence-corrected chi connectivity index (χ4v) is 2.87. The molecule has 0 atom stereocenters. The maximum Gasteiger partial charge on any atom is 0.131 e. The molecule has 0 unspecified atom stereocenters. The second-order valence-corrected chi connectivity index (χ2v) is 6.31. The Labute approximate surface area is 131 Å². The van der Waals surface area contributed by atoms with Crippen LogP contribution in [0.15, 0.2) is 30.5 Å². The van der Waals surface area contributed by atoms with E-state index < -0.39 is 0 Å². The lowest BCUT2D eigenvalue weighted by Crippen LogP contribution is -2.31. The Morgan fingerprint density at radius 3 is 2.86 bits per heavy atom. The summed E-state index contributed by atoms with van der Waals surface area (Å²) in [4.78, 5) is 11.6. The van der Waals surface area contributed by atoms with Gasteiger partial charge in [-0.2, -0.15) is 0 Å². The summed E-state index contributed by atoms with van der Waals surface area (Å²) in [5.41, 5.74) is 3.64. The van der Waals surface area contributed by atoms with Crippen LogP contribution in [0.5, 0.6) is 0 Å². The van der Waals surface area contributed by atoms with Gasteiger partial charge >= 0.3 is 0 Å². The van der Waals surface area contributed by atoms with Gasteiger partial charge in [-0.1, -0.05) is 43.6 Å². The van der Waals surface area contributed by atoms with Crippen molar-refractivity contribution in [3.05, 3.63) is 58.1 Å². The number of aromatic nitrogens is 2. The summed E-state index contributed by atoms with van der Waals surface area (Å²) in [6.07, 6.45) is 2.98. The van der Waals surface area contributed by atoms with Gasteiger partial charge in [0.15, 0.2) is 0 Å². The van der Waals surface area contributed by atoms with E-state index >= 15 is 0 Å². The van der Waals surface area contributed by atoms with Gasteiger partial charge in [0.05, 0.1) is 0 Å². The number of fused-ring (bicyclic) bond motifs is 1. The van der Waals surface area contributed by atoms with Gasteiger partial charge in [-0.25, -0.2) is 9.97 Å². The van der Waals surface area contributed by atoms with Crippen LogP contribution in [-0.2, 0) is 19.5 Å². The summed E-state index contributed by atoms with van der Waals surface area (Å²) in [6.45, 7) is 7.07. The molecule has 0 spiro atoms. The van der Waals surface area contributed by atoms with Crippen LogP contribution >= 0.6 is 11.6 Å². The van der Waals surface area contributed by atoms with Crippen molar-refractivity contribution in [3.63, 3.8) is 0 Å². The van der Waals surface area contributed by atoms with Crippen molar-refractivity contribution in [2.75, 3.05) is 6.54 Å². The molecule has 3 nitrogen and oxygen atoms in total. The highest BCUT2D eigenvalue weighted by atomic mass is 35.5. The zero-order valence-corrected chi connectivity index (χ0v) is 13.3. The number of rotatable bonds is 3. The molecule has 0 radical (unpaired) electrons. The lowest BCUT2D eigenvalue weighted by atomic mass is 10.1. The summed E-state index contributed by atoms with van der Waals surface area (Å²) in [6, 6.07) is 8.05. The first kappa shape index (κ1) is 14.5. The molecule has 0 aliphatic carbocycles. The second-order valence-electron chi connectivity index (χ2n) is 5.91. The topological polar surface area (TPSA) is 29.0 Å². The van der Waals surface area contributed by atoms with E-state index in [1.807, 2.05) is 24.4 Å². The molecule has 110 valence electrons. The summed E-state index contributed by atoms with van der Waals surface area (Å²) in [5, 5.41) is 0.842. The van der Waals surface area contributed by atoms with Crippen LogP contribution < -0.4 is 0 Å². The highest BCUT2D eigenvalue weighted by molar-refractivity contribution is 6.31. The minimum Gasteiger partial charge on any atom is -0.294 e. The lowest BCUT2D eigenvalue weighted by Gasteiger charge is -2.28. The van der Waals surface area contributed by atoms with Crippen LogP contribution in [0.25, 0.3) is 0 Å². The van der Waals surface area contributed by atoms with Gasteiger partial charge in [-0.15, -0.1) is 0 Å². The molecule has 0 saturated heterocycles. The van der Waals surface area contributed by atoms with E-state index in [1.165, 1.54) is 16.8 Å². The van der Waals surface area contributed by atoms with E-state index in [-0.39, 0.29) is 0 Å². The molecule has 0 N–H and O–H groups in total. The molecule has 1 aromatic heterocycles. The van der Waals surface area contributed by atoms with E-state index in [0.29, 0.717) is 5.92 Å². The second kappa shape index (κ2) is 6.12. The van der Waals surface area contributed by atoms with E-state index in [1.54, 1.807) is 0 Å². The highest BCUT2D eigenvalue weighted by Crippen LogP contribution is 2.23. The number of hydrogen-bond acceptors (Lipinski definition) is 3. The maximum atomic E-state index is 6.25. The quantitative estimate of drug-likeness (QED) is 0.863.